The van der Waals surface area contributed by atoms with Crippen LogP contribution in [0.1, 0.15) is 18.4 Å². The quantitative estimate of drug-likeness (QED) is 0.648. The minimum Gasteiger partial charge on any atom is -0.423 e. The maximum Gasteiger partial charge on any atom is 0.491 e. The Morgan fingerprint density at radius 1 is 1.35 bits per heavy atom. The van der Waals surface area contributed by atoms with Crippen LogP contribution in [-0.4, -0.2) is 38.9 Å². The van der Waals surface area contributed by atoms with Gasteiger partial charge in [-0.05, 0) is 49.1 Å². The normalized spacial score (nSPS) is 19.9. The predicted octanol–water partition coefficient (Wildman–Crippen LogP) is -0.602. The Labute approximate surface area is 118 Å². The summed E-state index contributed by atoms with van der Waals surface area (Å²) in [5.41, 5.74) is 2.00. The van der Waals surface area contributed by atoms with Crippen molar-refractivity contribution < 1.29 is 18.1 Å². The number of hydrogen-bond acceptors (Lipinski definition) is 5. The second-order valence-electron chi connectivity index (χ2n) is 5.17. The molecule has 6 nitrogen and oxygen atoms in total. The Hall–Kier alpha value is -1.09. The summed E-state index contributed by atoms with van der Waals surface area (Å²) in [5, 5.41) is 12.4. The summed E-state index contributed by atoms with van der Waals surface area (Å²) in [5.74, 6) is 0. The molecule has 0 radical (unpaired) electrons. The highest BCUT2D eigenvalue weighted by Crippen LogP contribution is 2.19. The van der Waals surface area contributed by atoms with Crippen LogP contribution in [0, 0.1) is 0 Å². The lowest BCUT2D eigenvalue weighted by Gasteiger charge is -2.23. The van der Waals surface area contributed by atoms with E-state index in [-0.39, 0.29) is 5.25 Å². The molecule has 2 aliphatic heterocycles. The average molecular weight is 296 g/mol. The van der Waals surface area contributed by atoms with E-state index in [1.54, 1.807) is 18.2 Å². The van der Waals surface area contributed by atoms with Crippen molar-refractivity contribution in [1.82, 2.24) is 5.32 Å². The zero-order chi connectivity index (χ0) is 14.2. The van der Waals surface area contributed by atoms with E-state index in [9.17, 15) is 13.4 Å². The van der Waals surface area contributed by atoms with E-state index in [1.807, 2.05) is 0 Å². The molecule has 1 fully saturated rings. The van der Waals surface area contributed by atoms with Gasteiger partial charge >= 0.3 is 7.12 Å². The number of piperidine rings is 1. The fraction of sp³-hybridized carbons (Fsp3) is 0.500. The molecule has 0 aromatic heterocycles. The van der Waals surface area contributed by atoms with Crippen LogP contribution in [-0.2, 0) is 21.3 Å². The largest absolute Gasteiger partial charge is 0.491 e. The number of sulfonamides is 1. The first kappa shape index (κ1) is 13.9. The fourth-order valence-electron chi connectivity index (χ4n) is 2.63. The molecule has 2 heterocycles. The zero-order valence-electron chi connectivity index (χ0n) is 11.0. The number of benzene rings is 1. The van der Waals surface area contributed by atoms with E-state index in [4.69, 9.17) is 4.65 Å². The molecule has 0 aliphatic carbocycles. The van der Waals surface area contributed by atoms with E-state index >= 15 is 0 Å². The van der Waals surface area contributed by atoms with E-state index in [0.29, 0.717) is 30.6 Å². The SMILES string of the molecule is O=S(=O)(Nc1ccc2c(c1)B(O)OC2)C1CCNCC1. The highest BCUT2D eigenvalue weighted by molar-refractivity contribution is 7.93. The second kappa shape index (κ2) is 5.36. The van der Waals surface area contributed by atoms with Crippen LogP contribution in [0.2, 0.25) is 0 Å². The minimum atomic E-state index is -3.38. The Balaban J connectivity index is 1.79. The molecule has 8 heteroatoms. The van der Waals surface area contributed by atoms with E-state index < -0.39 is 17.1 Å². The molecule has 1 aromatic carbocycles. The van der Waals surface area contributed by atoms with Gasteiger partial charge in [0.15, 0.2) is 0 Å². The van der Waals surface area contributed by atoms with Crippen molar-refractivity contribution in [2.45, 2.75) is 24.7 Å². The van der Waals surface area contributed by atoms with Crippen LogP contribution in [0.25, 0.3) is 0 Å². The van der Waals surface area contributed by atoms with Gasteiger partial charge in [0.05, 0.1) is 11.9 Å². The van der Waals surface area contributed by atoms with Crippen LogP contribution in [0.4, 0.5) is 5.69 Å². The molecule has 0 unspecified atom stereocenters. The molecule has 0 atom stereocenters. The molecule has 1 aromatic rings. The van der Waals surface area contributed by atoms with Gasteiger partial charge in [0.1, 0.15) is 0 Å². The highest BCUT2D eigenvalue weighted by Gasteiger charge is 2.30. The minimum absolute atomic E-state index is 0.359. The first-order valence-corrected chi connectivity index (χ1v) is 8.26. The highest BCUT2D eigenvalue weighted by atomic mass is 32.2. The van der Waals surface area contributed by atoms with Crippen molar-refractivity contribution in [2.75, 3.05) is 17.8 Å². The Bertz CT molecular complexity index is 601. The van der Waals surface area contributed by atoms with Crippen molar-refractivity contribution in [3.63, 3.8) is 0 Å². The van der Waals surface area contributed by atoms with Crippen molar-refractivity contribution in [3.05, 3.63) is 23.8 Å². The molecular formula is C12H17BN2O4S. The molecule has 0 amide bonds. The van der Waals surface area contributed by atoms with E-state index in [1.165, 1.54) is 0 Å². The summed E-state index contributed by atoms with van der Waals surface area (Å²) in [7, 11) is -4.35. The summed E-state index contributed by atoms with van der Waals surface area (Å²) < 4.78 is 32.3. The van der Waals surface area contributed by atoms with Gasteiger partial charge in [-0.25, -0.2) is 8.42 Å². The summed E-state index contributed by atoms with van der Waals surface area (Å²) in [4.78, 5) is 0. The molecule has 1 saturated heterocycles. The lowest BCUT2D eigenvalue weighted by atomic mass is 9.79. The van der Waals surface area contributed by atoms with E-state index in [0.717, 1.165) is 18.7 Å². The van der Waals surface area contributed by atoms with Crippen molar-refractivity contribution >= 4 is 28.3 Å². The molecule has 0 saturated carbocycles. The number of fused-ring (bicyclic) bond motifs is 1. The summed E-state index contributed by atoms with van der Waals surface area (Å²) in [6, 6.07) is 5.14. The van der Waals surface area contributed by atoms with Gasteiger partial charge in [0.2, 0.25) is 10.0 Å². The number of hydrogen-bond donors (Lipinski definition) is 3. The molecule has 108 valence electrons. The second-order valence-corrected chi connectivity index (χ2v) is 7.13. The summed E-state index contributed by atoms with van der Waals surface area (Å²) in [6.45, 7) is 1.81. The monoisotopic (exact) mass is 296 g/mol. The summed E-state index contributed by atoms with van der Waals surface area (Å²) in [6.07, 6.45) is 1.23. The molecule has 0 spiro atoms. The zero-order valence-corrected chi connectivity index (χ0v) is 11.8. The molecule has 2 aliphatic rings. The first-order chi connectivity index (χ1) is 9.56. The summed E-state index contributed by atoms with van der Waals surface area (Å²) >= 11 is 0. The lowest BCUT2D eigenvalue weighted by Crippen LogP contribution is -2.38. The van der Waals surface area contributed by atoms with Gasteiger partial charge in [0, 0.05) is 5.69 Å². The maximum atomic E-state index is 12.3. The molecule has 3 N–H and O–H groups in total. The van der Waals surface area contributed by atoms with Gasteiger partial charge < -0.3 is 15.0 Å². The van der Waals surface area contributed by atoms with Crippen LogP contribution in [0.3, 0.4) is 0 Å². The number of rotatable bonds is 3. The van der Waals surface area contributed by atoms with Crippen molar-refractivity contribution in [3.8, 4) is 0 Å². The molecule has 20 heavy (non-hydrogen) atoms. The third-order valence-corrected chi connectivity index (χ3v) is 5.66. The number of anilines is 1. The topological polar surface area (TPSA) is 87.7 Å². The molecule has 3 rings (SSSR count). The Kier molecular flexibility index (Phi) is 3.72. The lowest BCUT2D eigenvalue weighted by molar-refractivity contribution is 0.275. The van der Waals surface area contributed by atoms with Crippen molar-refractivity contribution in [2.24, 2.45) is 0 Å². The average Bonchev–Trinajstić information content (AvgIpc) is 2.81. The standard InChI is InChI=1S/C12H17BN2O4S/c16-13-12-7-10(2-1-9(12)8-19-13)15-20(17,18)11-3-5-14-6-4-11/h1-2,7,11,14-16H,3-6,8H2. The fourth-order valence-corrected chi connectivity index (χ4v) is 4.11. The first-order valence-electron chi connectivity index (χ1n) is 6.71. The predicted molar refractivity (Wildman–Crippen MR) is 77.3 cm³/mol. The maximum absolute atomic E-state index is 12.3. The van der Waals surface area contributed by atoms with Gasteiger partial charge in [-0.3, -0.25) is 4.72 Å². The van der Waals surface area contributed by atoms with Crippen LogP contribution in [0.5, 0.6) is 0 Å². The molecule has 0 bridgehead atoms. The van der Waals surface area contributed by atoms with E-state index in [2.05, 4.69) is 10.0 Å². The third-order valence-electron chi connectivity index (χ3n) is 3.79. The van der Waals surface area contributed by atoms with Crippen LogP contribution in [0.15, 0.2) is 18.2 Å². The Morgan fingerprint density at radius 3 is 2.85 bits per heavy atom. The van der Waals surface area contributed by atoms with Crippen LogP contribution < -0.4 is 15.5 Å². The van der Waals surface area contributed by atoms with Crippen molar-refractivity contribution in [1.29, 1.82) is 0 Å². The van der Waals surface area contributed by atoms with Gasteiger partial charge in [-0.15, -0.1) is 0 Å². The Morgan fingerprint density at radius 2 is 2.10 bits per heavy atom. The van der Waals surface area contributed by atoms with Gasteiger partial charge in [-0.1, -0.05) is 6.07 Å². The smallest absolute Gasteiger partial charge is 0.423 e. The van der Waals surface area contributed by atoms with Crippen LogP contribution >= 0.6 is 0 Å². The number of nitrogens with one attached hydrogen (secondary N) is 2. The third kappa shape index (κ3) is 2.69. The molecular weight excluding hydrogens is 279 g/mol. The van der Waals surface area contributed by atoms with Gasteiger partial charge in [0.25, 0.3) is 0 Å². The van der Waals surface area contributed by atoms with Gasteiger partial charge in [-0.2, -0.15) is 0 Å².